The Hall–Kier alpha value is -4.61. The van der Waals surface area contributed by atoms with Crippen molar-refractivity contribution in [2.24, 2.45) is 0 Å². The molecule has 1 atom stereocenters. The van der Waals surface area contributed by atoms with E-state index >= 15 is 0 Å². The first kappa shape index (κ1) is 27.9. The molecule has 0 aliphatic carbocycles. The van der Waals surface area contributed by atoms with E-state index in [1.54, 1.807) is 43.0 Å². The Morgan fingerprint density at radius 3 is 2.78 bits per heavy atom. The minimum atomic E-state index is -0.691. The number of carbonyl (C=O) groups excluding carboxylic acids is 2. The number of benzene rings is 2. The first-order chi connectivity index (χ1) is 20.0. The highest BCUT2D eigenvalue weighted by molar-refractivity contribution is 6.31. The summed E-state index contributed by atoms with van der Waals surface area (Å²) >= 11 is 6.00. The zero-order valence-electron chi connectivity index (χ0n) is 21.9. The zero-order chi connectivity index (χ0) is 28.6. The first-order valence-electron chi connectivity index (χ1n) is 12.9. The number of ether oxygens (including phenoxy) is 1. The van der Waals surface area contributed by atoms with Gasteiger partial charge in [0, 0.05) is 36.9 Å². The number of aryl methyl sites for hydroxylation is 1. The molecule has 0 radical (unpaired) electrons. The SMILES string of the molecule is O=C(CNCc1cccc(F)c1Cl)N[C@@H](CCc1ncc2cnccn12)COC(=O)Nc1cc2ccccc2cn1. The number of hydrogen-bond donors (Lipinski definition) is 3. The molecule has 0 spiro atoms. The molecule has 2 aromatic carbocycles. The van der Waals surface area contributed by atoms with Gasteiger partial charge in [-0.05, 0) is 29.5 Å². The first-order valence-corrected chi connectivity index (χ1v) is 13.3. The fourth-order valence-corrected chi connectivity index (χ4v) is 4.53. The summed E-state index contributed by atoms with van der Waals surface area (Å²) in [5.74, 6) is 0.296. The number of nitrogens with zero attached hydrogens (tertiary/aromatic N) is 4. The van der Waals surface area contributed by atoms with Gasteiger partial charge in [-0.25, -0.2) is 19.2 Å². The number of imidazole rings is 1. The highest BCUT2D eigenvalue weighted by Gasteiger charge is 2.17. The molecule has 12 heteroatoms. The Bertz CT molecular complexity index is 1680. The van der Waals surface area contributed by atoms with Gasteiger partial charge in [0.1, 0.15) is 24.1 Å². The number of nitrogens with one attached hydrogen (secondary N) is 3. The van der Waals surface area contributed by atoms with E-state index in [1.807, 2.05) is 34.9 Å². The van der Waals surface area contributed by atoms with Crippen molar-refractivity contribution in [3.05, 3.63) is 102 Å². The molecule has 41 heavy (non-hydrogen) atoms. The second kappa shape index (κ2) is 13.2. The van der Waals surface area contributed by atoms with E-state index in [2.05, 4.69) is 30.9 Å². The van der Waals surface area contributed by atoms with Gasteiger partial charge in [0.15, 0.2) is 0 Å². The summed E-state index contributed by atoms with van der Waals surface area (Å²) in [6.45, 7) is 0.0840. The van der Waals surface area contributed by atoms with Crippen LogP contribution < -0.4 is 16.0 Å². The predicted octanol–water partition coefficient (Wildman–Crippen LogP) is 4.53. The number of hydrogen-bond acceptors (Lipinski definition) is 7. The molecule has 0 saturated carbocycles. The van der Waals surface area contributed by atoms with Gasteiger partial charge >= 0.3 is 6.09 Å². The molecular weight excluding hydrogens is 549 g/mol. The van der Waals surface area contributed by atoms with Crippen LogP contribution >= 0.6 is 11.6 Å². The zero-order valence-corrected chi connectivity index (χ0v) is 22.6. The van der Waals surface area contributed by atoms with Crippen LogP contribution in [0.3, 0.4) is 0 Å². The van der Waals surface area contributed by atoms with E-state index in [-0.39, 0.29) is 30.6 Å². The minimum Gasteiger partial charge on any atom is -0.447 e. The van der Waals surface area contributed by atoms with Crippen molar-refractivity contribution >= 4 is 45.7 Å². The molecule has 0 fully saturated rings. The van der Waals surface area contributed by atoms with Gasteiger partial charge in [0.05, 0.1) is 35.5 Å². The molecule has 0 aliphatic heterocycles. The Kier molecular flexibility index (Phi) is 8.97. The largest absolute Gasteiger partial charge is 0.447 e. The Labute approximate surface area is 239 Å². The lowest BCUT2D eigenvalue weighted by atomic mass is 10.1. The van der Waals surface area contributed by atoms with Crippen molar-refractivity contribution in [2.75, 3.05) is 18.5 Å². The molecule has 0 unspecified atom stereocenters. The highest BCUT2D eigenvalue weighted by Crippen LogP contribution is 2.19. The van der Waals surface area contributed by atoms with Crippen molar-refractivity contribution in [2.45, 2.75) is 25.4 Å². The fourth-order valence-electron chi connectivity index (χ4n) is 4.34. The summed E-state index contributed by atoms with van der Waals surface area (Å²) in [4.78, 5) is 38.1. The van der Waals surface area contributed by atoms with Crippen molar-refractivity contribution < 1.29 is 18.7 Å². The molecule has 5 aromatic rings. The third-order valence-electron chi connectivity index (χ3n) is 6.40. The van der Waals surface area contributed by atoms with Crippen LogP contribution in [0.4, 0.5) is 15.0 Å². The molecule has 3 heterocycles. The third kappa shape index (κ3) is 7.33. The summed E-state index contributed by atoms with van der Waals surface area (Å²) in [6, 6.07) is 13.4. The normalized spacial score (nSPS) is 11.9. The number of fused-ring (bicyclic) bond motifs is 2. The van der Waals surface area contributed by atoms with Crippen LogP contribution in [0.15, 0.2) is 79.5 Å². The van der Waals surface area contributed by atoms with Crippen LogP contribution in [0.1, 0.15) is 17.8 Å². The van der Waals surface area contributed by atoms with Gasteiger partial charge in [0.25, 0.3) is 0 Å². The van der Waals surface area contributed by atoms with Crippen molar-refractivity contribution in [3.63, 3.8) is 0 Å². The molecule has 0 aliphatic rings. The molecule has 3 N–H and O–H groups in total. The minimum absolute atomic E-state index is 0.0146. The lowest BCUT2D eigenvalue weighted by Crippen LogP contribution is -2.43. The molecule has 10 nitrogen and oxygen atoms in total. The van der Waals surface area contributed by atoms with E-state index in [4.69, 9.17) is 16.3 Å². The van der Waals surface area contributed by atoms with Gasteiger partial charge in [-0.1, -0.05) is 48.0 Å². The molecular formula is C29H27ClFN7O3. The fraction of sp³-hybridized carbons (Fsp3) is 0.207. The molecule has 5 rings (SSSR count). The van der Waals surface area contributed by atoms with Crippen LogP contribution in [-0.2, 0) is 22.5 Å². The van der Waals surface area contributed by atoms with Crippen LogP contribution in [0, 0.1) is 5.82 Å². The van der Waals surface area contributed by atoms with E-state index in [0.717, 1.165) is 22.1 Å². The average molecular weight is 576 g/mol. The van der Waals surface area contributed by atoms with E-state index in [0.29, 0.717) is 24.2 Å². The van der Waals surface area contributed by atoms with Gasteiger partial charge in [-0.3, -0.25) is 15.1 Å². The van der Waals surface area contributed by atoms with Gasteiger partial charge < -0.3 is 19.8 Å². The summed E-state index contributed by atoms with van der Waals surface area (Å²) in [5.41, 5.74) is 1.39. The topological polar surface area (TPSA) is 123 Å². The Morgan fingerprint density at radius 1 is 1.05 bits per heavy atom. The number of aromatic nitrogens is 4. The van der Waals surface area contributed by atoms with Crippen molar-refractivity contribution in [1.82, 2.24) is 30.0 Å². The van der Waals surface area contributed by atoms with E-state index in [1.165, 1.54) is 6.07 Å². The highest BCUT2D eigenvalue weighted by atomic mass is 35.5. The van der Waals surface area contributed by atoms with Crippen molar-refractivity contribution in [1.29, 1.82) is 0 Å². The molecule has 3 aromatic heterocycles. The number of carbonyl (C=O) groups is 2. The monoisotopic (exact) mass is 575 g/mol. The lowest BCUT2D eigenvalue weighted by molar-refractivity contribution is -0.121. The standard InChI is InChI=1S/C29H27ClFN7O3/c30-28-21(6-3-7-24(28)31)13-33-17-27(39)36-22(8-9-26-35-16-23-15-32-10-11-38(23)26)18-41-29(40)37-25-12-19-4-1-2-5-20(19)14-34-25/h1-7,10-12,14-16,22,33H,8-9,13,17-18H2,(H,36,39)(H,34,37,40)/t22-/m0/s1. The summed E-state index contributed by atoms with van der Waals surface area (Å²) < 4.78 is 21.1. The summed E-state index contributed by atoms with van der Waals surface area (Å²) in [7, 11) is 0. The number of pyridine rings is 1. The summed E-state index contributed by atoms with van der Waals surface area (Å²) in [5, 5.41) is 10.4. The lowest BCUT2D eigenvalue weighted by Gasteiger charge is -2.19. The molecule has 2 amide bonds. The van der Waals surface area contributed by atoms with Gasteiger partial charge in [0.2, 0.25) is 5.91 Å². The third-order valence-corrected chi connectivity index (χ3v) is 6.82. The van der Waals surface area contributed by atoms with Crippen LogP contribution in [0.5, 0.6) is 0 Å². The Balaban J connectivity index is 1.19. The smallest absolute Gasteiger partial charge is 0.412 e. The van der Waals surface area contributed by atoms with Crippen LogP contribution in [0.2, 0.25) is 5.02 Å². The maximum Gasteiger partial charge on any atom is 0.412 e. The quantitative estimate of drug-likeness (QED) is 0.211. The number of amides is 2. The summed E-state index contributed by atoms with van der Waals surface area (Å²) in [6.07, 6.45) is 8.84. The number of anilines is 1. The number of halogens is 2. The van der Waals surface area contributed by atoms with E-state index in [9.17, 15) is 14.0 Å². The van der Waals surface area contributed by atoms with Gasteiger partial charge in [-0.2, -0.15) is 0 Å². The van der Waals surface area contributed by atoms with Gasteiger partial charge in [-0.15, -0.1) is 0 Å². The number of rotatable bonds is 11. The average Bonchev–Trinajstić information content (AvgIpc) is 3.39. The predicted molar refractivity (Wildman–Crippen MR) is 153 cm³/mol. The molecule has 0 bridgehead atoms. The molecule has 210 valence electrons. The van der Waals surface area contributed by atoms with Crippen LogP contribution in [0.25, 0.3) is 16.3 Å². The molecule has 0 saturated heterocycles. The maximum atomic E-state index is 13.7. The van der Waals surface area contributed by atoms with Crippen LogP contribution in [-0.4, -0.2) is 50.5 Å². The van der Waals surface area contributed by atoms with Crippen molar-refractivity contribution in [3.8, 4) is 0 Å². The van der Waals surface area contributed by atoms with E-state index < -0.39 is 18.0 Å². The second-order valence-electron chi connectivity index (χ2n) is 9.31. The Morgan fingerprint density at radius 2 is 1.90 bits per heavy atom. The second-order valence-corrected chi connectivity index (χ2v) is 9.68. The maximum absolute atomic E-state index is 13.7.